The molecule has 0 radical (unpaired) electrons. The number of rotatable bonds is 2. The van der Waals surface area contributed by atoms with Gasteiger partial charge in [0, 0.05) is 16.7 Å². The van der Waals surface area contributed by atoms with Crippen LogP contribution in [-0.4, -0.2) is 24.3 Å². The lowest BCUT2D eigenvalue weighted by Gasteiger charge is -2.31. The van der Waals surface area contributed by atoms with Crippen molar-refractivity contribution in [1.29, 1.82) is 0 Å². The van der Waals surface area contributed by atoms with Gasteiger partial charge >= 0.3 is 5.97 Å². The van der Waals surface area contributed by atoms with Gasteiger partial charge in [0.2, 0.25) is 0 Å². The largest absolute Gasteiger partial charge is 0.493 e. The molecule has 1 aromatic carbocycles. The van der Waals surface area contributed by atoms with Crippen LogP contribution in [0.2, 0.25) is 0 Å². The molecule has 1 N–H and O–H groups in total. The van der Waals surface area contributed by atoms with Crippen LogP contribution in [0.1, 0.15) is 42.4 Å². The number of hydrogen-bond donors (Lipinski definition) is 1. The van der Waals surface area contributed by atoms with Crippen molar-refractivity contribution in [3.05, 3.63) is 21.2 Å². The smallest absolute Gasteiger partial charge is 0.314 e. The molecule has 112 valence electrons. The topological polar surface area (TPSA) is 55.8 Å². The Morgan fingerprint density at radius 1 is 1.05 bits per heavy atom. The number of aliphatic carboxylic acids is 1. The minimum absolute atomic E-state index is 0.668. The fourth-order valence-corrected chi connectivity index (χ4v) is 4.32. The Hall–Kier alpha value is -1.23. The minimum atomic E-state index is -0.743. The van der Waals surface area contributed by atoms with E-state index in [9.17, 15) is 9.90 Å². The van der Waals surface area contributed by atoms with Crippen LogP contribution < -0.4 is 9.47 Å². The molecule has 4 nitrogen and oxygen atoms in total. The van der Waals surface area contributed by atoms with Crippen molar-refractivity contribution in [2.45, 2.75) is 43.9 Å². The van der Waals surface area contributed by atoms with Crippen LogP contribution in [0.15, 0.2) is 4.47 Å². The molecule has 0 amide bonds. The van der Waals surface area contributed by atoms with Gasteiger partial charge in [-0.1, -0.05) is 0 Å². The summed E-state index contributed by atoms with van der Waals surface area (Å²) in [5, 5.41) is 9.72. The first-order valence-electron chi connectivity index (χ1n) is 7.52. The number of fused-ring (bicyclic) bond motifs is 2. The van der Waals surface area contributed by atoms with Crippen molar-refractivity contribution in [1.82, 2.24) is 0 Å². The second-order valence-electron chi connectivity index (χ2n) is 6.10. The quantitative estimate of drug-likeness (QED) is 0.887. The Balaban J connectivity index is 2.02. The Kier molecular flexibility index (Phi) is 2.96. The minimum Gasteiger partial charge on any atom is -0.493 e. The average Bonchev–Trinajstić information content (AvgIpc) is 3.29. The fraction of sp³-hybridized carbons (Fsp3) is 0.562. The van der Waals surface area contributed by atoms with Gasteiger partial charge in [-0.25, -0.2) is 0 Å². The summed E-state index contributed by atoms with van der Waals surface area (Å²) >= 11 is 3.66. The van der Waals surface area contributed by atoms with E-state index in [1.54, 1.807) is 0 Å². The molecular formula is C16H17BrO4. The Labute approximate surface area is 131 Å². The Morgan fingerprint density at radius 3 is 2.29 bits per heavy atom. The molecule has 1 fully saturated rings. The number of carbonyl (C=O) groups is 1. The molecule has 0 bridgehead atoms. The molecule has 5 heteroatoms. The summed E-state index contributed by atoms with van der Waals surface area (Å²) in [7, 11) is 0. The van der Waals surface area contributed by atoms with E-state index >= 15 is 0 Å². The van der Waals surface area contributed by atoms with Gasteiger partial charge in [0.1, 0.15) is 11.5 Å². The van der Waals surface area contributed by atoms with Gasteiger partial charge in [-0.3, -0.25) is 4.79 Å². The highest BCUT2D eigenvalue weighted by Crippen LogP contribution is 2.58. The van der Waals surface area contributed by atoms with Crippen LogP contribution in [0.25, 0.3) is 0 Å². The van der Waals surface area contributed by atoms with Crippen LogP contribution in [0, 0.1) is 0 Å². The Bertz CT molecular complexity index is 597. The van der Waals surface area contributed by atoms with Gasteiger partial charge in [-0.05, 0) is 54.5 Å². The molecular weight excluding hydrogens is 336 g/mol. The van der Waals surface area contributed by atoms with Crippen LogP contribution in [0.5, 0.6) is 11.5 Å². The van der Waals surface area contributed by atoms with E-state index in [4.69, 9.17) is 9.47 Å². The molecule has 1 aliphatic carbocycles. The summed E-state index contributed by atoms with van der Waals surface area (Å²) in [5.74, 6) is 0.944. The maximum absolute atomic E-state index is 11.8. The van der Waals surface area contributed by atoms with E-state index in [0.717, 1.165) is 58.3 Å². The summed E-state index contributed by atoms with van der Waals surface area (Å²) in [5.41, 5.74) is 2.30. The zero-order chi connectivity index (χ0) is 14.6. The standard InChI is InChI=1S/C16H17BrO4/c17-12-10-4-2-7-20-13(10)11(16(5-6-16)15(18)19)9-3-1-8-21-14(9)12/h1-8H2,(H,18,19). The molecule has 0 aromatic heterocycles. The molecule has 0 saturated heterocycles. The zero-order valence-electron chi connectivity index (χ0n) is 11.7. The van der Waals surface area contributed by atoms with Crippen molar-refractivity contribution in [2.75, 3.05) is 13.2 Å². The van der Waals surface area contributed by atoms with E-state index < -0.39 is 11.4 Å². The second-order valence-corrected chi connectivity index (χ2v) is 6.89. The van der Waals surface area contributed by atoms with E-state index in [2.05, 4.69) is 15.9 Å². The van der Waals surface area contributed by atoms with Crippen LogP contribution in [0.4, 0.5) is 0 Å². The summed E-state index contributed by atoms with van der Waals surface area (Å²) in [4.78, 5) is 11.8. The van der Waals surface area contributed by atoms with Gasteiger partial charge in [-0.15, -0.1) is 0 Å². The van der Waals surface area contributed by atoms with E-state index in [1.165, 1.54) is 0 Å². The fourth-order valence-electron chi connectivity index (χ4n) is 3.59. The highest BCUT2D eigenvalue weighted by atomic mass is 79.9. The number of hydrogen-bond acceptors (Lipinski definition) is 3. The summed E-state index contributed by atoms with van der Waals surface area (Å²) in [6.07, 6.45) is 5.08. The van der Waals surface area contributed by atoms with E-state index in [-0.39, 0.29) is 0 Å². The predicted molar refractivity (Wildman–Crippen MR) is 80.3 cm³/mol. The lowest BCUT2D eigenvalue weighted by molar-refractivity contribution is -0.140. The van der Waals surface area contributed by atoms with Gasteiger partial charge in [0.05, 0.1) is 23.1 Å². The van der Waals surface area contributed by atoms with E-state index in [0.29, 0.717) is 26.1 Å². The second kappa shape index (κ2) is 4.63. The number of carboxylic acids is 1. The van der Waals surface area contributed by atoms with Crippen molar-refractivity contribution < 1.29 is 19.4 Å². The summed E-state index contributed by atoms with van der Waals surface area (Å²) in [6.45, 7) is 1.37. The number of halogens is 1. The molecule has 3 aliphatic rings. The highest BCUT2D eigenvalue weighted by Gasteiger charge is 2.56. The van der Waals surface area contributed by atoms with Crippen molar-refractivity contribution in [3.8, 4) is 11.5 Å². The molecule has 0 unspecified atom stereocenters. The third kappa shape index (κ3) is 1.83. The third-order valence-electron chi connectivity index (χ3n) is 4.81. The Morgan fingerprint density at radius 2 is 1.67 bits per heavy atom. The molecule has 0 spiro atoms. The molecule has 1 aromatic rings. The monoisotopic (exact) mass is 352 g/mol. The molecule has 0 atom stereocenters. The number of carboxylic acid groups (broad SMARTS) is 1. The highest BCUT2D eigenvalue weighted by molar-refractivity contribution is 9.10. The van der Waals surface area contributed by atoms with Crippen molar-refractivity contribution in [3.63, 3.8) is 0 Å². The van der Waals surface area contributed by atoms with Gasteiger partial charge in [-0.2, -0.15) is 0 Å². The third-order valence-corrected chi connectivity index (χ3v) is 5.65. The average molecular weight is 353 g/mol. The lowest BCUT2D eigenvalue weighted by atomic mass is 9.84. The maximum atomic E-state index is 11.8. The first-order chi connectivity index (χ1) is 10.1. The van der Waals surface area contributed by atoms with Gasteiger partial charge in [0.25, 0.3) is 0 Å². The molecule has 21 heavy (non-hydrogen) atoms. The van der Waals surface area contributed by atoms with E-state index in [1.807, 2.05) is 0 Å². The number of benzene rings is 1. The maximum Gasteiger partial charge on any atom is 0.314 e. The SMILES string of the molecule is O=C(O)C1(c2c3c(c(Br)c4c2OCCC4)OCCC3)CC1. The normalized spacial score (nSPS) is 21.6. The predicted octanol–water partition coefficient (Wildman–Crippen LogP) is 3.22. The molecule has 2 aliphatic heterocycles. The summed E-state index contributed by atoms with van der Waals surface area (Å²) < 4.78 is 12.8. The van der Waals surface area contributed by atoms with Crippen LogP contribution >= 0.6 is 15.9 Å². The number of ether oxygens (including phenoxy) is 2. The van der Waals surface area contributed by atoms with Crippen LogP contribution in [0.3, 0.4) is 0 Å². The lowest BCUT2D eigenvalue weighted by Crippen LogP contribution is -2.27. The summed E-state index contributed by atoms with van der Waals surface area (Å²) in [6, 6.07) is 0. The van der Waals surface area contributed by atoms with Gasteiger partial charge in [0.15, 0.2) is 0 Å². The molecule has 2 heterocycles. The molecule has 1 saturated carbocycles. The first-order valence-corrected chi connectivity index (χ1v) is 8.31. The van der Waals surface area contributed by atoms with Crippen molar-refractivity contribution >= 4 is 21.9 Å². The van der Waals surface area contributed by atoms with Crippen molar-refractivity contribution in [2.24, 2.45) is 0 Å². The van der Waals surface area contributed by atoms with Crippen LogP contribution in [-0.2, 0) is 23.1 Å². The molecule has 4 rings (SSSR count). The first kappa shape index (κ1) is 13.4. The zero-order valence-corrected chi connectivity index (χ0v) is 13.3. The van der Waals surface area contributed by atoms with Gasteiger partial charge < -0.3 is 14.6 Å².